The van der Waals surface area contributed by atoms with Gasteiger partial charge < -0.3 is 20.3 Å². The number of hydrogen-bond donors (Lipinski definition) is 2. The van der Waals surface area contributed by atoms with Gasteiger partial charge in [0.15, 0.2) is 0 Å². The molecule has 138 valence electrons. The highest BCUT2D eigenvalue weighted by Crippen LogP contribution is 2.15. The van der Waals surface area contributed by atoms with Crippen LogP contribution in [-0.2, 0) is 9.59 Å². The highest BCUT2D eigenvalue weighted by molar-refractivity contribution is 6.39. The van der Waals surface area contributed by atoms with Crippen LogP contribution in [0.3, 0.4) is 0 Å². The van der Waals surface area contributed by atoms with E-state index in [0.29, 0.717) is 18.1 Å². The zero-order valence-corrected chi connectivity index (χ0v) is 15.1. The van der Waals surface area contributed by atoms with Gasteiger partial charge in [-0.1, -0.05) is 6.92 Å². The van der Waals surface area contributed by atoms with Crippen molar-refractivity contribution in [3.05, 3.63) is 18.3 Å². The van der Waals surface area contributed by atoms with E-state index in [1.165, 1.54) is 39.2 Å². The van der Waals surface area contributed by atoms with E-state index in [4.69, 9.17) is 4.74 Å². The summed E-state index contributed by atoms with van der Waals surface area (Å²) in [7, 11) is 1.51. The largest absolute Gasteiger partial charge is 0.481 e. The molecular formula is C18H28N4O3. The minimum absolute atomic E-state index is 0.450. The Morgan fingerprint density at radius 2 is 2.16 bits per heavy atom. The van der Waals surface area contributed by atoms with Crippen molar-refractivity contribution in [3.63, 3.8) is 0 Å². The number of anilines is 1. The van der Waals surface area contributed by atoms with E-state index in [1.807, 2.05) is 0 Å². The number of carbonyl (C=O) groups is 2. The number of carbonyl (C=O) groups excluding carboxylic acids is 2. The van der Waals surface area contributed by atoms with Gasteiger partial charge in [0, 0.05) is 19.2 Å². The summed E-state index contributed by atoms with van der Waals surface area (Å²) >= 11 is 0. The molecule has 2 amide bonds. The molecule has 2 N–H and O–H groups in total. The average molecular weight is 348 g/mol. The maximum absolute atomic E-state index is 11.8. The number of aromatic nitrogens is 1. The first kappa shape index (κ1) is 19.2. The molecular weight excluding hydrogens is 320 g/mol. The van der Waals surface area contributed by atoms with Crippen LogP contribution in [0.1, 0.15) is 32.6 Å². The van der Waals surface area contributed by atoms with Crippen molar-refractivity contribution in [2.24, 2.45) is 5.92 Å². The molecule has 25 heavy (non-hydrogen) atoms. The molecule has 1 aliphatic rings. The van der Waals surface area contributed by atoms with Crippen LogP contribution in [0.2, 0.25) is 0 Å². The van der Waals surface area contributed by atoms with Crippen molar-refractivity contribution in [3.8, 4) is 5.88 Å². The van der Waals surface area contributed by atoms with Gasteiger partial charge in [0.05, 0.1) is 19.0 Å². The summed E-state index contributed by atoms with van der Waals surface area (Å²) in [5.74, 6) is -0.0747. The van der Waals surface area contributed by atoms with Gasteiger partial charge >= 0.3 is 11.8 Å². The molecule has 2 rings (SSSR count). The second kappa shape index (κ2) is 9.98. The molecule has 0 saturated carbocycles. The molecule has 2 heterocycles. The van der Waals surface area contributed by atoms with Crippen molar-refractivity contribution in [1.29, 1.82) is 0 Å². The minimum atomic E-state index is -0.683. The highest BCUT2D eigenvalue weighted by atomic mass is 16.5. The van der Waals surface area contributed by atoms with Crippen LogP contribution in [0.5, 0.6) is 5.88 Å². The van der Waals surface area contributed by atoms with Gasteiger partial charge in [-0.15, -0.1) is 0 Å². The van der Waals surface area contributed by atoms with Crippen LogP contribution in [0.25, 0.3) is 0 Å². The van der Waals surface area contributed by atoms with Gasteiger partial charge in [0.2, 0.25) is 5.88 Å². The molecule has 1 aromatic heterocycles. The predicted molar refractivity (Wildman–Crippen MR) is 96.5 cm³/mol. The normalized spacial score (nSPS) is 17.8. The minimum Gasteiger partial charge on any atom is -0.481 e. The quantitative estimate of drug-likeness (QED) is 0.578. The SMILES string of the molecule is COc1ccc(NC(=O)C(=O)NCCCCN2CCCC(C)C2)cn1. The molecule has 0 radical (unpaired) electrons. The fourth-order valence-corrected chi connectivity index (χ4v) is 3.00. The van der Waals surface area contributed by atoms with Crippen LogP contribution >= 0.6 is 0 Å². The molecule has 7 heteroatoms. The van der Waals surface area contributed by atoms with E-state index in [1.54, 1.807) is 12.1 Å². The number of methoxy groups -OCH3 is 1. The summed E-state index contributed by atoms with van der Waals surface area (Å²) in [5.41, 5.74) is 0.458. The van der Waals surface area contributed by atoms with Crippen molar-refractivity contribution in [2.75, 3.05) is 38.6 Å². The Balaban J connectivity index is 1.60. The third kappa shape index (κ3) is 6.70. The number of likely N-dealkylation sites (tertiary alicyclic amines) is 1. The van der Waals surface area contributed by atoms with E-state index < -0.39 is 11.8 Å². The number of ether oxygens (including phenoxy) is 1. The van der Waals surface area contributed by atoms with Crippen LogP contribution in [0.4, 0.5) is 5.69 Å². The second-order valence-corrected chi connectivity index (χ2v) is 6.55. The first-order chi connectivity index (χ1) is 12.1. The number of piperidine rings is 1. The number of nitrogens with one attached hydrogen (secondary N) is 2. The van der Waals surface area contributed by atoms with Crippen molar-refractivity contribution in [2.45, 2.75) is 32.6 Å². The fraction of sp³-hybridized carbons (Fsp3) is 0.611. The molecule has 7 nitrogen and oxygen atoms in total. The summed E-state index contributed by atoms with van der Waals surface area (Å²) in [6.07, 6.45) is 5.94. The molecule has 0 aliphatic carbocycles. The molecule has 0 aromatic carbocycles. The van der Waals surface area contributed by atoms with Gasteiger partial charge in [-0.05, 0) is 50.8 Å². The number of hydrogen-bond acceptors (Lipinski definition) is 5. The first-order valence-electron chi connectivity index (χ1n) is 8.90. The van der Waals surface area contributed by atoms with Crippen molar-refractivity contribution < 1.29 is 14.3 Å². The topological polar surface area (TPSA) is 83.6 Å². The van der Waals surface area contributed by atoms with Gasteiger partial charge in [0.1, 0.15) is 0 Å². The summed E-state index contributed by atoms with van der Waals surface area (Å²) in [4.78, 5) is 30.1. The van der Waals surface area contributed by atoms with Gasteiger partial charge in [0.25, 0.3) is 0 Å². The first-order valence-corrected chi connectivity index (χ1v) is 8.90. The number of unbranched alkanes of at least 4 members (excludes halogenated alkanes) is 1. The standard InChI is InChI=1S/C18H28N4O3/c1-14-6-5-11-22(13-14)10-4-3-9-19-17(23)18(24)21-15-7-8-16(25-2)20-12-15/h7-8,12,14H,3-6,9-11,13H2,1-2H3,(H,19,23)(H,21,24). The predicted octanol–water partition coefficient (Wildman–Crippen LogP) is 1.66. The Bertz CT molecular complexity index is 562. The summed E-state index contributed by atoms with van der Waals surface area (Å²) in [6, 6.07) is 3.26. The van der Waals surface area contributed by atoms with E-state index in [2.05, 4.69) is 27.4 Å². The smallest absolute Gasteiger partial charge is 0.313 e. The second-order valence-electron chi connectivity index (χ2n) is 6.55. The van der Waals surface area contributed by atoms with Crippen LogP contribution < -0.4 is 15.4 Å². The Labute approximate surface area is 149 Å². The Hall–Kier alpha value is -2.15. The average Bonchev–Trinajstić information content (AvgIpc) is 2.62. The van der Waals surface area contributed by atoms with E-state index in [9.17, 15) is 9.59 Å². The molecule has 1 aliphatic heterocycles. The molecule has 1 atom stereocenters. The lowest BCUT2D eigenvalue weighted by atomic mass is 10.0. The van der Waals surface area contributed by atoms with Crippen molar-refractivity contribution >= 4 is 17.5 Å². The molecule has 1 unspecified atom stereocenters. The number of pyridine rings is 1. The third-order valence-electron chi connectivity index (χ3n) is 4.34. The van der Waals surface area contributed by atoms with Crippen molar-refractivity contribution in [1.82, 2.24) is 15.2 Å². The van der Waals surface area contributed by atoms with E-state index in [0.717, 1.165) is 25.3 Å². The van der Waals surface area contributed by atoms with Gasteiger partial charge in [-0.25, -0.2) is 4.98 Å². The third-order valence-corrected chi connectivity index (χ3v) is 4.34. The molecule has 0 spiro atoms. The lowest BCUT2D eigenvalue weighted by Gasteiger charge is -2.30. The number of rotatable bonds is 7. The summed E-state index contributed by atoms with van der Waals surface area (Å²) in [6.45, 7) is 6.21. The van der Waals surface area contributed by atoms with Gasteiger partial charge in [-0.2, -0.15) is 0 Å². The zero-order chi connectivity index (χ0) is 18.1. The highest BCUT2D eigenvalue weighted by Gasteiger charge is 2.16. The molecule has 1 aromatic rings. The molecule has 1 fully saturated rings. The lowest BCUT2D eigenvalue weighted by molar-refractivity contribution is -0.136. The van der Waals surface area contributed by atoms with Crippen LogP contribution in [0.15, 0.2) is 18.3 Å². The van der Waals surface area contributed by atoms with Gasteiger partial charge in [-0.3, -0.25) is 9.59 Å². The number of nitrogens with zero attached hydrogens (tertiary/aromatic N) is 2. The zero-order valence-electron chi connectivity index (χ0n) is 15.1. The maximum Gasteiger partial charge on any atom is 0.313 e. The van der Waals surface area contributed by atoms with Crippen LogP contribution in [-0.4, -0.2) is 55.0 Å². The van der Waals surface area contributed by atoms with Crippen LogP contribution in [0, 0.1) is 5.92 Å². The lowest BCUT2D eigenvalue weighted by Crippen LogP contribution is -2.37. The number of amides is 2. The maximum atomic E-state index is 11.8. The Morgan fingerprint density at radius 1 is 1.32 bits per heavy atom. The molecule has 1 saturated heterocycles. The van der Waals surface area contributed by atoms with E-state index >= 15 is 0 Å². The Kier molecular flexibility index (Phi) is 7.66. The summed E-state index contributed by atoms with van der Waals surface area (Å²) < 4.78 is 4.94. The Morgan fingerprint density at radius 3 is 2.84 bits per heavy atom. The monoisotopic (exact) mass is 348 g/mol. The summed E-state index contributed by atoms with van der Waals surface area (Å²) in [5, 5.41) is 5.17. The van der Waals surface area contributed by atoms with E-state index in [-0.39, 0.29) is 0 Å². The molecule has 0 bridgehead atoms. The fourth-order valence-electron chi connectivity index (χ4n) is 3.00.